The first-order valence-corrected chi connectivity index (χ1v) is 8.66. The summed E-state index contributed by atoms with van der Waals surface area (Å²) >= 11 is 4.13. The molecular formula is C17H19BF6O2S. The first-order chi connectivity index (χ1) is 12.1. The van der Waals surface area contributed by atoms with Crippen molar-refractivity contribution in [3.8, 4) is 0 Å². The summed E-state index contributed by atoms with van der Waals surface area (Å²) < 4.78 is 89.6. The van der Waals surface area contributed by atoms with Gasteiger partial charge in [-0.25, -0.2) is 0 Å². The molecule has 0 N–H and O–H groups in total. The van der Waals surface area contributed by atoms with Crippen LogP contribution in [0.25, 0.3) is 6.08 Å². The third kappa shape index (κ3) is 4.84. The van der Waals surface area contributed by atoms with Crippen molar-refractivity contribution in [1.29, 1.82) is 0 Å². The zero-order valence-electron chi connectivity index (χ0n) is 15.1. The van der Waals surface area contributed by atoms with Crippen LogP contribution in [0.2, 0.25) is 0 Å². The lowest BCUT2D eigenvalue weighted by Crippen LogP contribution is -2.41. The lowest BCUT2D eigenvalue weighted by atomic mass is 9.78. The lowest BCUT2D eigenvalue weighted by Gasteiger charge is -2.32. The topological polar surface area (TPSA) is 18.5 Å². The molecule has 1 aromatic rings. The molecule has 1 heterocycles. The molecule has 2 nitrogen and oxygen atoms in total. The van der Waals surface area contributed by atoms with Crippen LogP contribution in [0, 0.1) is 0 Å². The van der Waals surface area contributed by atoms with E-state index in [1.807, 2.05) is 0 Å². The van der Waals surface area contributed by atoms with Crippen molar-refractivity contribution in [2.45, 2.75) is 51.2 Å². The van der Waals surface area contributed by atoms with Crippen molar-refractivity contribution in [3.05, 3.63) is 40.4 Å². The number of rotatable bonds is 3. The maximum Gasteiger partial charge on any atom is 0.491 e. The van der Waals surface area contributed by atoms with E-state index in [1.165, 1.54) is 6.08 Å². The van der Waals surface area contributed by atoms with Gasteiger partial charge in [-0.2, -0.15) is 39.0 Å². The normalized spacial score (nSPS) is 20.3. The number of hydrogen-bond acceptors (Lipinski definition) is 3. The molecule has 1 saturated heterocycles. The van der Waals surface area contributed by atoms with Crippen LogP contribution < -0.4 is 0 Å². The van der Waals surface area contributed by atoms with Gasteiger partial charge in [0.25, 0.3) is 0 Å². The molecule has 150 valence electrons. The second-order valence-corrected chi connectivity index (χ2v) is 7.62. The zero-order valence-corrected chi connectivity index (χ0v) is 16.0. The van der Waals surface area contributed by atoms with Gasteiger partial charge in [-0.3, -0.25) is 0 Å². The van der Waals surface area contributed by atoms with E-state index >= 15 is 0 Å². The van der Waals surface area contributed by atoms with Crippen LogP contribution in [0.4, 0.5) is 26.3 Å². The summed E-state index contributed by atoms with van der Waals surface area (Å²) in [5, 5.41) is 0. The van der Waals surface area contributed by atoms with Crippen LogP contribution in [0.1, 0.15) is 44.4 Å². The Morgan fingerprint density at radius 1 is 0.926 bits per heavy atom. The molecule has 1 aliphatic heterocycles. The number of benzene rings is 1. The minimum absolute atomic E-state index is 0.0361. The Kier molecular flexibility index (Phi) is 5.78. The summed E-state index contributed by atoms with van der Waals surface area (Å²) in [5.74, 6) is 0.0361. The molecule has 0 aliphatic carbocycles. The van der Waals surface area contributed by atoms with E-state index in [2.05, 4.69) is 12.6 Å². The average Bonchev–Trinajstić information content (AvgIpc) is 2.70. The van der Waals surface area contributed by atoms with Crippen LogP contribution in [0.5, 0.6) is 0 Å². The van der Waals surface area contributed by atoms with Crippen molar-refractivity contribution in [3.63, 3.8) is 0 Å². The molecule has 0 unspecified atom stereocenters. The number of hydrogen-bond donors (Lipinski definition) is 1. The van der Waals surface area contributed by atoms with Gasteiger partial charge in [0.1, 0.15) is 0 Å². The van der Waals surface area contributed by atoms with Gasteiger partial charge >= 0.3 is 19.5 Å². The van der Waals surface area contributed by atoms with Gasteiger partial charge in [0.15, 0.2) is 0 Å². The Labute approximate surface area is 159 Å². The minimum Gasteiger partial charge on any atom is -0.400 e. The van der Waals surface area contributed by atoms with E-state index in [-0.39, 0.29) is 17.4 Å². The molecule has 0 spiro atoms. The van der Waals surface area contributed by atoms with E-state index in [0.29, 0.717) is 17.6 Å². The fourth-order valence-electron chi connectivity index (χ4n) is 2.46. The lowest BCUT2D eigenvalue weighted by molar-refractivity contribution is -0.143. The molecule has 10 heteroatoms. The van der Waals surface area contributed by atoms with Crippen molar-refractivity contribution in [2.75, 3.05) is 5.75 Å². The molecule has 0 amide bonds. The fourth-order valence-corrected chi connectivity index (χ4v) is 2.70. The predicted molar refractivity (Wildman–Crippen MR) is 94.4 cm³/mol. The van der Waals surface area contributed by atoms with Crippen LogP contribution in [-0.2, 0) is 21.7 Å². The van der Waals surface area contributed by atoms with E-state index in [9.17, 15) is 26.3 Å². The Morgan fingerprint density at radius 2 is 1.33 bits per heavy atom. The molecule has 0 saturated carbocycles. The van der Waals surface area contributed by atoms with Crippen LogP contribution in [-0.4, -0.2) is 24.1 Å². The smallest absolute Gasteiger partial charge is 0.400 e. The fraction of sp³-hybridized carbons (Fsp3) is 0.529. The summed E-state index contributed by atoms with van der Waals surface area (Å²) in [6.07, 6.45) is -8.62. The second-order valence-electron chi connectivity index (χ2n) is 7.30. The maximum atomic E-state index is 13.0. The number of halogens is 6. The summed E-state index contributed by atoms with van der Waals surface area (Å²) in [7, 11) is -0.920. The summed E-state index contributed by atoms with van der Waals surface area (Å²) in [4.78, 5) is 0. The SMILES string of the molecule is CC1(C)OB(C(=Cc2cc(C(F)(F)F)cc(C(F)(F)F)c2)CS)OC1(C)C. The molecule has 0 atom stereocenters. The molecule has 0 aromatic heterocycles. The minimum atomic E-state index is -4.91. The highest BCUT2D eigenvalue weighted by molar-refractivity contribution is 7.80. The van der Waals surface area contributed by atoms with E-state index in [4.69, 9.17) is 9.31 Å². The molecule has 0 radical (unpaired) electrons. The van der Waals surface area contributed by atoms with Crippen molar-refractivity contribution in [2.24, 2.45) is 0 Å². The number of thiol groups is 1. The van der Waals surface area contributed by atoms with Gasteiger partial charge in [0.2, 0.25) is 0 Å². The van der Waals surface area contributed by atoms with Gasteiger partial charge in [0.05, 0.1) is 22.3 Å². The first-order valence-electron chi connectivity index (χ1n) is 8.03. The number of alkyl halides is 6. The highest BCUT2D eigenvalue weighted by Crippen LogP contribution is 2.40. The van der Waals surface area contributed by atoms with Gasteiger partial charge in [-0.1, -0.05) is 6.08 Å². The first kappa shape index (κ1) is 22.2. The summed E-state index contributed by atoms with van der Waals surface area (Å²) in [6, 6.07) is 1.40. The third-order valence-corrected chi connectivity index (χ3v) is 5.07. The molecule has 27 heavy (non-hydrogen) atoms. The summed E-state index contributed by atoms with van der Waals surface area (Å²) in [5.41, 5.74) is -4.10. The van der Waals surface area contributed by atoms with E-state index in [1.54, 1.807) is 27.7 Å². The molecular weight excluding hydrogens is 393 g/mol. The molecule has 0 bridgehead atoms. The second kappa shape index (κ2) is 7.04. The quantitative estimate of drug-likeness (QED) is 0.392. The average molecular weight is 412 g/mol. The highest BCUT2D eigenvalue weighted by Gasteiger charge is 2.52. The third-order valence-electron chi connectivity index (χ3n) is 4.70. The Morgan fingerprint density at radius 3 is 1.67 bits per heavy atom. The van der Waals surface area contributed by atoms with Gasteiger partial charge in [-0.15, -0.1) is 0 Å². The van der Waals surface area contributed by atoms with Crippen molar-refractivity contribution >= 4 is 25.8 Å². The monoisotopic (exact) mass is 412 g/mol. The standard InChI is InChI=1S/C17H19BF6O2S/c1-14(2)15(3,4)26-18(25-14)13(9-27)7-10-5-11(16(19,20)21)8-12(6-10)17(22,23)24/h5-8,27H,9H2,1-4H3. The highest BCUT2D eigenvalue weighted by atomic mass is 32.1. The van der Waals surface area contributed by atoms with E-state index in [0.717, 1.165) is 0 Å². The van der Waals surface area contributed by atoms with Crippen LogP contribution in [0.3, 0.4) is 0 Å². The van der Waals surface area contributed by atoms with Gasteiger partial charge < -0.3 is 9.31 Å². The largest absolute Gasteiger partial charge is 0.491 e. The van der Waals surface area contributed by atoms with Crippen LogP contribution >= 0.6 is 12.6 Å². The Hall–Kier alpha value is -1.13. The molecule has 1 aromatic carbocycles. The van der Waals surface area contributed by atoms with Crippen molar-refractivity contribution < 1.29 is 35.7 Å². The van der Waals surface area contributed by atoms with Crippen LogP contribution in [0.15, 0.2) is 23.7 Å². The Balaban J connectivity index is 2.50. The van der Waals surface area contributed by atoms with Gasteiger partial charge in [0, 0.05) is 5.75 Å². The molecule has 1 fully saturated rings. The van der Waals surface area contributed by atoms with Gasteiger partial charge in [-0.05, 0) is 56.9 Å². The summed E-state index contributed by atoms with van der Waals surface area (Å²) in [6.45, 7) is 7.15. The van der Waals surface area contributed by atoms with E-state index < -0.39 is 41.8 Å². The zero-order chi connectivity index (χ0) is 20.8. The molecule has 1 aliphatic rings. The Bertz CT molecular complexity index is 692. The van der Waals surface area contributed by atoms with Crippen molar-refractivity contribution in [1.82, 2.24) is 0 Å². The molecule has 2 rings (SSSR count). The predicted octanol–water partition coefficient (Wildman–Crippen LogP) is 5.67. The maximum absolute atomic E-state index is 13.0.